The third-order valence-corrected chi connectivity index (χ3v) is 5.06. The van der Waals surface area contributed by atoms with Crippen molar-refractivity contribution in [2.45, 2.75) is 45.2 Å². The second-order valence-corrected chi connectivity index (χ2v) is 6.43. The zero-order chi connectivity index (χ0) is 13.8. The van der Waals surface area contributed by atoms with Crippen LogP contribution in [0.2, 0.25) is 0 Å². The van der Waals surface area contributed by atoms with Gasteiger partial charge in [0.05, 0.1) is 11.4 Å². The summed E-state index contributed by atoms with van der Waals surface area (Å²) in [5.41, 5.74) is 2.09. The van der Waals surface area contributed by atoms with Gasteiger partial charge in [-0.05, 0) is 37.8 Å². The Bertz CT molecular complexity index is 532. The van der Waals surface area contributed by atoms with E-state index < -0.39 is 0 Å². The van der Waals surface area contributed by atoms with Crippen molar-refractivity contribution in [3.63, 3.8) is 0 Å². The van der Waals surface area contributed by atoms with E-state index >= 15 is 0 Å². The Labute approximate surface area is 124 Å². The average Bonchev–Trinajstić information content (AvgIpc) is 3.17. The fraction of sp³-hybridized carbons (Fsp3) is 0.500. The maximum atomic E-state index is 4.67. The molecule has 0 aromatic carbocycles. The number of hydrogen-bond acceptors (Lipinski definition) is 4. The number of nitrogens with one attached hydrogen (secondary N) is 1. The number of rotatable bonds is 5. The molecule has 0 radical (unpaired) electrons. The Morgan fingerprint density at radius 1 is 1.35 bits per heavy atom. The quantitative estimate of drug-likeness (QED) is 0.907. The summed E-state index contributed by atoms with van der Waals surface area (Å²) in [4.78, 5) is 9.02. The first-order chi connectivity index (χ1) is 9.83. The van der Waals surface area contributed by atoms with Crippen molar-refractivity contribution in [3.8, 4) is 10.7 Å². The van der Waals surface area contributed by atoms with Crippen molar-refractivity contribution >= 4 is 11.3 Å². The maximum absolute atomic E-state index is 4.67. The second-order valence-electron chi connectivity index (χ2n) is 5.57. The number of nitrogens with zero attached hydrogens (tertiary/aromatic N) is 2. The minimum absolute atomic E-state index is 0.595. The van der Waals surface area contributed by atoms with Crippen LogP contribution in [0.25, 0.3) is 10.7 Å². The van der Waals surface area contributed by atoms with E-state index in [1.54, 1.807) is 11.3 Å². The predicted octanol–water partition coefficient (Wildman–Crippen LogP) is 3.87. The van der Waals surface area contributed by atoms with Crippen LogP contribution in [-0.4, -0.2) is 16.0 Å². The van der Waals surface area contributed by atoms with Gasteiger partial charge in [-0.3, -0.25) is 4.98 Å². The Morgan fingerprint density at radius 2 is 2.20 bits per heavy atom. The summed E-state index contributed by atoms with van der Waals surface area (Å²) >= 11 is 1.67. The minimum Gasteiger partial charge on any atom is -0.308 e. The molecule has 2 aromatic heterocycles. The largest absolute Gasteiger partial charge is 0.308 e. The standard InChI is InChI=1S/C16H21N3S/c1-12(13-6-2-3-7-13)18-10-14-11-20-16(19-14)15-8-4-5-9-17-15/h4-5,8-9,11-13,18H,2-3,6-7,10H2,1H3/t12-/m1/s1. The predicted molar refractivity (Wildman–Crippen MR) is 83.6 cm³/mol. The monoisotopic (exact) mass is 287 g/mol. The molecule has 2 heterocycles. The molecule has 1 aliphatic rings. The van der Waals surface area contributed by atoms with Gasteiger partial charge in [0.2, 0.25) is 0 Å². The van der Waals surface area contributed by atoms with Gasteiger partial charge < -0.3 is 5.32 Å². The molecule has 1 N–H and O–H groups in total. The van der Waals surface area contributed by atoms with Crippen LogP contribution in [0.4, 0.5) is 0 Å². The van der Waals surface area contributed by atoms with Gasteiger partial charge in [0.15, 0.2) is 0 Å². The summed E-state index contributed by atoms with van der Waals surface area (Å²) in [6.45, 7) is 3.17. The highest BCUT2D eigenvalue weighted by Crippen LogP contribution is 2.28. The van der Waals surface area contributed by atoms with Crippen LogP contribution in [0.3, 0.4) is 0 Å². The van der Waals surface area contributed by atoms with Crippen molar-refractivity contribution < 1.29 is 0 Å². The Kier molecular flexibility index (Phi) is 4.43. The smallest absolute Gasteiger partial charge is 0.142 e. The fourth-order valence-corrected chi connectivity index (χ4v) is 3.68. The molecule has 20 heavy (non-hydrogen) atoms. The lowest BCUT2D eigenvalue weighted by Crippen LogP contribution is -2.31. The molecule has 0 bridgehead atoms. The number of aromatic nitrogens is 2. The molecule has 3 rings (SSSR count). The third-order valence-electron chi connectivity index (χ3n) is 4.15. The Balaban J connectivity index is 1.57. The third kappa shape index (κ3) is 3.25. The first-order valence-electron chi connectivity index (χ1n) is 7.42. The van der Waals surface area contributed by atoms with Crippen LogP contribution in [0.5, 0.6) is 0 Å². The molecule has 1 aliphatic carbocycles. The average molecular weight is 287 g/mol. The summed E-state index contributed by atoms with van der Waals surface area (Å²) in [7, 11) is 0. The highest BCUT2D eigenvalue weighted by molar-refractivity contribution is 7.13. The number of pyridine rings is 1. The van der Waals surface area contributed by atoms with E-state index in [9.17, 15) is 0 Å². The second kappa shape index (κ2) is 6.46. The topological polar surface area (TPSA) is 37.8 Å². The maximum Gasteiger partial charge on any atom is 0.142 e. The SMILES string of the molecule is C[C@@H](NCc1csc(-c2ccccn2)n1)C1CCCC1. The molecule has 106 valence electrons. The van der Waals surface area contributed by atoms with Crippen molar-refractivity contribution in [2.75, 3.05) is 0 Å². The molecular weight excluding hydrogens is 266 g/mol. The molecule has 0 aliphatic heterocycles. The molecule has 1 fully saturated rings. The number of thiazole rings is 1. The van der Waals surface area contributed by atoms with Gasteiger partial charge in [0.1, 0.15) is 5.01 Å². The minimum atomic E-state index is 0.595. The normalized spacial score (nSPS) is 17.4. The molecule has 2 aromatic rings. The molecule has 4 heteroatoms. The van der Waals surface area contributed by atoms with Crippen LogP contribution in [0.1, 0.15) is 38.3 Å². The lowest BCUT2D eigenvalue weighted by Gasteiger charge is -2.19. The van der Waals surface area contributed by atoms with Crippen molar-refractivity contribution in [3.05, 3.63) is 35.5 Å². The van der Waals surface area contributed by atoms with Gasteiger partial charge in [0, 0.05) is 24.2 Å². The van der Waals surface area contributed by atoms with E-state index in [0.717, 1.165) is 28.9 Å². The summed E-state index contributed by atoms with van der Waals surface area (Å²) in [6, 6.07) is 6.54. The van der Waals surface area contributed by atoms with Crippen LogP contribution < -0.4 is 5.32 Å². The van der Waals surface area contributed by atoms with E-state index in [1.807, 2.05) is 24.4 Å². The van der Waals surface area contributed by atoms with Crippen molar-refractivity contribution in [1.29, 1.82) is 0 Å². The highest BCUT2D eigenvalue weighted by Gasteiger charge is 2.21. The van der Waals surface area contributed by atoms with E-state index in [2.05, 4.69) is 27.6 Å². The molecule has 1 atom stereocenters. The Hall–Kier alpha value is -1.26. The molecule has 0 unspecified atom stereocenters. The van der Waals surface area contributed by atoms with E-state index in [-0.39, 0.29) is 0 Å². The van der Waals surface area contributed by atoms with Gasteiger partial charge in [-0.2, -0.15) is 0 Å². The number of hydrogen-bond donors (Lipinski definition) is 1. The molecule has 1 saturated carbocycles. The zero-order valence-electron chi connectivity index (χ0n) is 11.9. The van der Waals surface area contributed by atoms with Gasteiger partial charge in [0.25, 0.3) is 0 Å². The van der Waals surface area contributed by atoms with Crippen LogP contribution in [0, 0.1) is 5.92 Å². The van der Waals surface area contributed by atoms with E-state index in [1.165, 1.54) is 25.7 Å². The van der Waals surface area contributed by atoms with Crippen LogP contribution in [-0.2, 0) is 6.54 Å². The summed E-state index contributed by atoms with van der Waals surface area (Å²) in [6.07, 6.45) is 7.38. The molecule has 0 saturated heterocycles. The highest BCUT2D eigenvalue weighted by atomic mass is 32.1. The zero-order valence-corrected chi connectivity index (χ0v) is 12.7. The first-order valence-corrected chi connectivity index (χ1v) is 8.30. The van der Waals surface area contributed by atoms with Crippen LogP contribution >= 0.6 is 11.3 Å². The van der Waals surface area contributed by atoms with Gasteiger partial charge in [-0.1, -0.05) is 18.9 Å². The summed E-state index contributed by atoms with van der Waals surface area (Å²) < 4.78 is 0. The first kappa shape index (κ1) is 13.7. The molecular formula is C16H21N3S. The Morgan fingerprint density at radius 3 is 2.95 bits per heavy atom. The van der Waals surface area contributed by atoms with Gasteiger partial charge in [-0.15, -0.1) is 11.3 Å². The lowest BCUT2D eigenvalue weighted by atomic mass is 10.00. The molecule has 0 spiro atoms. The van der Waals surface area contributed by atoms with Gasteiger partial charge in [-0.25, -0.2) is 4.98 Å². The lowest BCUT2D eigenvalue weighted by molar-refractivity contribution is 0.379. The summed E-state index contributed by atoms with van der Waals surface area (Å²) in [5.74, 6) is 0.851. The van der Waals surface area contributed by atoms with E-state index in [0.29, 0.717) is 6.04 Å². The van der Waals surface area contributed by atoms with E-state index in [4.69, 9.17) is 0 Å². The van der Waals surface area contributed by atoms with Crippen LogP contribution in [0.15, 0.2) is 29.8 Å². The molecule has 3 nitrogen and oxygen atoms in total. The van der Waals surface area contributed by atoms with Crippen molar-refractivity contribution in [1.82, 2.24) is 15.3 Å². The summed E-state index contributed by atoms with van der Waals surface area (Å²) in [5, 5.41) is 6.78. The van der Waals surface area contributed by atoms with Gasteiger partial charge >= 0.3 is 0 Å². The van der Waals surface area contributed by atoms with Crippen molar-refractivity contribution in [2.24, 2.45) is 5.92 Å². The fourth-order valence-electron chi connectivity index (χ4n) is 2.88. The molecule has 0 amide bonds.